The number of nitrogens with one attached hydrogen (secondary N) is 1. The molecule has 0 aliphatic heterocycles. The van der Waals surface area contributed by atoms with Crippen LogP contribution in [0.4, 0.5) is 5.69 Å². The van der Waals surface area contributed by atoms with Crippen LogP contribution in [0, 0.1) is 0 Å². The minimum absolute atomic E-state index is 0.302. The van der Waals surface area contributed by atoms with Gasteiger partial charge in [-0.3, -0.25) is 9.12 Å². The maximum Gasteiger partial charge on any atom is 0.271 e. The number of imidazole rings is 1. The van der Waals surface area contributed by atoms with E-state index in [1.165, 1.54) is 11.3 Å². The number of thiazole rings is 1. The van der Waals surface area contributed by atoms with E-state index in [2.05, 4.69) is 9.71 Å². The fourth-order valence-electron chi connectivity index (χ4n) is 2.20. The topological polar surface area (TPSA) is 63.5 Å². The molecule has 0 unspecified atom stereocenters. The molecule has 0 saturated carbocycles. The molecule has 1 N–H and O–H groups in total. The molecule has 1 aromatic carbocycles. The molecule has 3 heterocycles. The predicted molar refractivity (Wildman–Crippen MR) is 93.6 cm³/mol. The van der Waals surface area contributed by atoms with Crippen molar-refractivity contribution < 1.29 is 8.42 Å². The second-order valence-corrected chi connectivity index (χ2v) is 8.56. The molecule has 0 atom stereocenters. The standard InChI is InChI=1S/C15H11N3O2S3/c19-23(20,14-2-1-8-21-14)17-12-5-3-11(4-6-12)13-10-18-7-9-22-15(18)16-13/h1-10,17H. The van der Waals surface area contributed by atoms with Crippen molar-refractivity contribution in [2.24, 2.45) is 0 Å². The zero-order valence-electron chi connectivity index (χ0n) is 11.7. The van der Waals surface area contributed by atoms with Gasteiger partial charge in [-0.05, 0) is 23.6 Å². The Hall–Kier alpha value is -2.16. The van der Waals surface area contributed by atoms with Crippen molar-refractivity contribution in [1.29, 1.82) is 0 Å². The van der Waals surface area contributed by atoms with Crippen molar-refractivity contribution in [3.8, 4) is 11.3 Å². The molecule has 0 amide bonds. The van der Waals surface area contributed by atoms with Gasteiger partial charge in [0, 0.05) is 29.0 Å². The lowest BCUT2D eigenvalue weighted by Crippen LogP contribution is -2.11. The first-order chi connectivity index (χ1) is 11.1. The summed E-state index contributed by atoms with van der Waals surface area (Å²) in [5, 5.41) is 3.72. The Morgan fingerprint density at radius 2 is 1.87 bits per heavy atom. The van der Waals surface area contributed by atoms with Crippen molar-refractivity contribution >= 4 is 43.3 Å². The number of thiophene rings is 1. The largest absolute Gasteiger partial charge is 0.297 e. The quantitative estimate of drug-likeness (QED) is 0.599. The van der Waals surface area contributed by atoms with Gasteiger partial charge in [0.2, 0.25) is 0 Å². The summed E-state index contributed by atoms with van der Waals surface area (Å²) < 4.78 is 29.2. The van der Waals surface area contributed by atoms with Gasteiger partial charge in [-0.1, -0.05) is 18.2 Å². The first-order valence-electron chi connectivity index (χ1n) is 6.71. The highest BCUT2D eigenvalue weighted by Crippen LogP contribution is 2.25. The molecule has 5 nitrogen and oxygen atoms in total. The Kier molecular flexibility index (Phi) is 3.44. The van der Waals surface area contributed by atoms with Gasteiger partial charge in [0.1, 0.15) is 4.21 Å². The Morgan fingerprint density at radius 1 is 1.04 bits per heavy atom. The van der Waals surface area contributed by atoms with E-state index in [1.54, 1.807) is 41.0 Å². The molecule has 0 aliphatic carbocycles. The van der Waals surface area contributed by atoms with Crippen LogP contribution >= 0.6 is 22.7 Å². The van der Waals surface area contributed by atoms with Gasteiger partial charge < -0.3 is 0 Å². The summed E-state index contributed by atoms with van der Waals surface area (Å²) in [6.45, 7) is 0. The molecule has 0 bridgehead atoms. The molecule has 4 rings (SSSR count). The molecule has 23 heavy (non-hydrogen) atoms. The smallest absolute Gasteiger partial charge is 0.271 e. The lowest BCUT2D eigenvalue weighted by Gasteiger charge is -2.06. The second-order valence-electron chi connectivity index (χ2n) is 4.83. The third-order valence-electron chi connectivity index (χ3n) is 3.29. The minimum atomic E-state index is -3.51. The van der Waals surface area contributed by atoms with Gasteiger partial charge in [0.15, 0.2) is 4.96 Å². The number of fused-ring (bicyclic) bond motifs is 1. The fourth-order valence-corrected chi connectivity index (χ4v) is 4.95. The molecule has 4 aromatic rings. The van der Waals surface area contributed by atoms with Crippen molar-refractivity contribution in [1.82, 2.24) is 9.38 Å². The van der Waals surface area contributed by atoms with Crippen molar-refractivity contribution in [3.05, 3.63) is 59.6 Å². The van der Waals surface area contributed by atoms with Gasteiger partial charge in [-0.25, -0.2) is 13.4 Å². The van der Waals surface area contributed by atoms with Crippen LogP contribution in [0.25, 0.3) is 16.2 Å². The summed E-state index contributed by atoms with van der Waals surface area (Å²) >= 11 is 2.76. The van der Waals surface area contributed by atoms with Crippen molar-refractivity contribution in [2.75, 3.05) is 4.72 Å². The Balaban J connectivity index is 1.60. The highest BCUT2D eigenvalue weighted by Gasteiger charge is 2.15. The number of sulfonamides is 1. The van der Waals surface area contributed by atoms with E-state index in [9.17, 15) is 8.42 Å². The molecule has 0 fully saturated rings. The zero-order chi connectivity index (χ0) is 15.9. The fraction of sp³-hybridized carbons (Fsp3) is 0. The third kappa shape index (κ3) is 2.76. The lowest BCUT2D eigenvalue weighted by atomic mass is 10.1. The minimum Gasteiger partial charge on any atom is -0.297 e. The number of hydrogen-bond acceptors (Lipinski definition) is 5. The Labute approximate surface area is 140 Å². The molecule has 8 heteroatoms. The molecule has 116 valence electrons. The van der Waals surface area contributed by atoms with Crippen LogP contribution in [0.3, 0.4) is 0 Å². The normalized spacial score (nSPS) is 11.8. The lowest BCUT2D eigenvalue weighted by molar-refractivity contribution is 0.603. The van der Waals surface area contributed by atoms with E-state index < -0.39 is 10.0 Å². The van der Waals surface area contributed by atoms with Gasteiger partial charge in [0.05, 0.1) is 5.69 Å². The van der Waals surface area contributed by atoms with E-state index >= 15 is 0 Å². The number of rotatable bonds is 4. The highest BCUT2D eigenvalue weighted by atomic mass is 32.2. The van der Waals surface area contributed by atoms with Gasteiger partial charge >= 0.3 is 0 Å². The SMILES string of the molecule is O=S(=O)(Nc1ccc(-c2cn3ccsc3n2)cc1)c1cccs1. The number of benzene rings is 1. The van der Waals surface area contributed by atoms with Crippen LogP contribution in [0.1, 0.15) is 0 Å². The summed E-state index contributed by atoms with van der Waals surface area (Å²) in [5.74, 6) is 0. The van der Waals surface area contributed by atoms with Crippen LogP contribution in [0.15, 0.2) is 63.8 Å². The van der Waals surface area contributed by atoms with Crippen LogP contribution in [0.2, 0.25) is 0 Å². The van der Waals surface area contributed by atoms with Crippen molar-refractivity contribution in [3.63, 3.8) is 0 Å². The summed E-state index contributed by atoms with van der Waals surface area (Å²) in [6, 6.07) is 10.5. The Bertz CT molecular complexity index is 1020. The average molecular weight is 361 g/mol. The van der Waals surface area contributed by atoms with Crippen LogP contribution < -0.4 is 4.72 Å². The maximum absolute atomic E-state index is 12.2. The first-order valence-corrected chi connectivity index (χ1v) is 9.95. The summed E-state index contributed by atoms with van der Waals surface area (Å²) in [5.41, 5.74) is 2.34. The summed E-state index contributed by atoms with van der Waals surface area (Å²) in [6.07, 6.45) is 3.91. The highest BCUT2D eigenvalue weighted by molar-refractivity contribution is 7.94. The van der Waals surface area contributed by atoms with Crippen LogP contribution in [-0.4, -0.2) is 17.8 Å². The summed E-state index contributed by atoms with van der Waals surface area (Å²) in [7, 11) is -3.51. The average Bonchev–Trinajstić information content (AvgIpc) is 3.24. The van der Waals surface area contributed by atoms with E-state index in [1.807, 2.05) is 34.3 Å². The molecule has 0 spiro atoms. The van der Waals surface area contributed by atoms with E-state index in [0.717, 1.165) is 16.2 Å². The van der Waals surface area contributed by atoms with Gasteiger partial charge in [0.25, 0.3) is 10.0 Å². The Morgan fingerprint density at radius 3 is 2.57 bits per heavy atom. The number of nitrogens with zero attached hydrogens (tertiary/aromatic N) is 2. The van der Waals surface area contributed by atoms with Crippen molar-refractivity contribution in [2.45, 2.75) is 4.21 Å². The number of hydrogen-bond donors (Lipinski definition) is 1. The monoisotopic (exact) mass is 361 g/mol. The maximum atomic E-state index is 12.2. The molecular formula is C15H11N3O2S3. The van der Waals surface area contributed by atoms with Crippen LogP contribution in [0.5, 0.6) is 0 Å². The number of anilines is 1. The van der Waals surface area contributed by atoms with Gasteiger partial charge in [-0.15, -0.1) is 22.7 Å². The molecule has 0 radical (unpaired) electrons. The second kappa shape index (κ2) is 5.48. The predicted octanol–water partition coefficient (Wildman–Crippen LogP) is 3.93. The molecular weight excluding hydrogens is 350 g/mol. The van der Waals surface area contributed by atoms with Crippen LogP contribution in [-0.2, 0) is 10.0 Å². The van der Waals surface area contributed by atoms with E-state index in [4.69, 9.17) is 0 Å². The molecule has 3 aromatic heterocycles. The first kappa shape index (κ1) is 14.4. The van der Waals surface area contributed by atoms with E-state index in [-0.39, 0.29) is 0 Å². The third-order valence-corrected chi connectivity index (χ3v) is 6.84. The van der Waals surface area contributed by atoms with E-state index in [0.29, 0.717) is 9.90 Å². The zero-order valence-corrected chi connectivity index (χ0v) is 14.2. The molecule has 0 aliphatic rings. The summed E-state index contributed by atoms with van der Waals surface area (Å²) in [4.78, 5) is 5.47. The number of aromatic nitrogens is 2. The van der Waals surface area contributed by atoms with Gasteiger partial charge in [-0.2, -0.15) is 0 Å². The molecule has 0 saturated heterocycles.